The number of nitrogens with one attached hydrogen (secondary N) is 1. The first kappa shape index (κ1) is 21.6. The van der Waals surface area contributed by atoms with E-state index in [1.54, 1.807) is 30.5 Å². The van der Waals surface area contributed by atoms with Crippen LogP contribution in [0.4, 0.5) is 0 Å². The van der Waals surface area contributed by atoms with Gasteiger partial charge in [0.2, 0.25) is 0 Å². The highest BCUT2D eigenvalue weighted by molar-refractivity contribution is 9.10. The Balaban J connectivity index is 1.52. The number of carbonyl (C=O) groups excluding carboxylic acids is 1. The predicted octanol–water partition coefficient (Wildman–Crippen LogP) is 5.58. The molecule has 5 nitrogen and oxygen atoms in total. The van der Waals surface area contributed by atoms with Crippen LogP contribution in [0.15, 0.2) is 82.4 Å². The van der Waals surface area contributed by atoms with E-state index < -0.39 is 0 Å². The molecule has 0 aliphatic heterocycles. The molecule has 0 saturated heterocycles. The third-order valence-electron chi connectivity index (χ3n) is 4.15. The second-order valence-electron chi connectivity index (χ2n) is 6.56. The fourth-order valence-electron chi connectivity index (χ4n) is 2.58. The summed E-state index contributed by atoms with van der Waals surface area (Å²) in [6.07, 6.45) is 2.52. The first-order chi connectivity index (χ1) is 14.6. The Hall–Kier alpha value is -3.12. The van der Waals surface area contributed by atoms with Crippen LogP contribution in [-0.2, 0) is 6.61 Å². The molecule has 3 aromatic carbocycles. The number of benzene rings is 3. The van der Waals surface area contributed by atoms with Gasteiger partial charge in [0.25, 0.3) is 5.91 Å². The zero-order valence-corrected chi connectivity index (χ0v) is 18.3. The van der Waals surface area contributed by atoms with Gasteiger partial charge in [-0.05, 0) is 66.1 Å². The van der Waals surface area contributed by atoms with Crippen molar-refractivity contribution in [2.75, 3.05) is 6.61 Å². The molecule has 0 atom stereocenters. The number of nitrogens with zero attached hydrogens (tertiary/aromatic N) is 1. The van der Waals surface area contributed by atoms with Gasteiger partial charge >= 0.3 is 0 Å². The summed E-state index contributed by atoms with van der Waals surface area (Å²) in [5, 5.41) is 4.04. The average molecular weight is 467 g/mol. The van der Waals surface area contributed by atoms with Crippen molar-refractivity contribution >= 4 is 28.1 Å². The molecule has 3 rings (SSSR count). The molecule has 0 aliphatic carbocycles. The number of hydrazone groups is 1. The van der Waals surface area contributed by atoms with Gasteiger partial charge in [0, 0.05) is 10.0 Å². The quantitative estimate of drug-likeness (QED) is 0.330. The number of rotatable bonds is 9. The summed E-state index contributed by atoms with van der Waals surface area (Å²) in [4.78, 5) is 12.2. The van der Waals surface area contributed by atoms with E-state index in [2.05, 4.69) is 26.5 Å². The van der Waals surface area contributed by atoms with Crippen LogP contribution in [0, 0.1) is 0 Å². The molecular weight excluding hydrogens is 444 g/mol. The summed E-state index contributed by atoms with van der Waals surface area (Å²) in [5.41, 5.74) is 4.96. The molecule has 0 radical (unpaired) electrons. The highest BCUT2D eigenvalue weighted by Crippen LogP contribution is 2.16. The van der Waals surface area contributed by atoms with Gasteiger partial charge in [0.05, 0.1) is 12.8 Å². The molecule has 1 N–H and O–H groups in total. The molecule has 3 aromatic rings. The Bertz CT molecular complexity index is 986. The Morgan fingerprint density at radius 1 is 1.00 bits per heavy atom. The number of hydrogen-bond acceptors (Lipinski definition) is 4. The SMILES string of the molecule is CCCOc1ccc(C(=O)N/N=C/c2cccc(OCc3ccc(Br)cc3)c2)cc1. The molecule has 0 unspecified atom stereocenters. The second-order valence-corrected chi connectivity index (χ2v) is 7.48. The third-order valence-corrected chi connectivity index (χ3v) is 4.67. The summed E-state index contributed by atoms with van der Waals surface area (Å²) in [6.45, 7) is 3.18. The number of hydrogen-bond donors (Lipinski definition) is 1. The molecule has 1 amide bonds. The number of halogens is 1. The van der Waals surface area contributed by atoms with Crippen molar-refractivity contribution in [2.45, 2.75) is 20.0 Å². The average Bonchev–Trinajstić information content (AvgIpc) is 2.78. The van der Waals surface area contributed by atoms with E-state index >= 15 is 0 Å². The first-order valence-electron chi connectivity index (χ1n) is 9.67. The van der Waals surface area contributed by atoms with Gasteiger partial charge in [-0.3, -0.25) is 4.79 Å². The van der Waals surface area contributed by atoms with Crippen molar-refractivity contribution in [2.24, 2.45) is 5.10 Å². The number of amides is 1. The van der Waals surface area contributed by atoms with Gasteiger partial charge in [-0.2, -0.15) is 5.10 Å². The first-order valence-corrected chi connectivity index (χ1v) is 10.5. The normalized spacial score (nSPS) is 10.7. The van der Waals surface area contributed by atoms with E-state index in [1.165, 1.54) is 0 Å². The van der Waals surface area contributed by atoms with Crippen LogP contribution in [0.25, 0.3) is 0 Å². The zero-order chi connectivity index (χ0) is 21.2. The molecule has 0 fully saturated rings. The topological polar surface area (TPSA) is 59.9 Å². The van der Waals surface area contributed by atoms with Crippen LogP contribution in [0.3, 0.4) is 0 Å². The zero-order valence-electron chi connectivity index (χ0n) is 16.7. The standard InChI is InChI=1S/C24H23BrN2O3/c1-2-14-29-22-12-8-20(9-13-22)24(28)27-26-16-19-4-3-5-23(15-19)30-17-18-6-10-21(25)11-7-18/h3-13,15-16H,2,14,17H2,1H3,(H,27,28)/b26-16+. The van der Waals surface area contributed by atoms with E-state index in [4.69, 9.17) is 9.47 Å². The van der Waals surface area contributed by atoms with Crippen LogP contribution < -0.4 is 14.9 Å². The van der Waals surface area contributed by atoms with Gasteiger partial charge < -0.3 is 9.47 Å². The largest absolute Gasteiger partial charge is 0.494 e. The predicted molar refractivity (Wildman–Crippen MR) is 122 cm³/mol. The lowest BCUT2D eigenvalue weighted by molar-refractivity contribution is 0.0955. The molecule has 0 saturated carbocycles. The summed E-state index contributed by atoms with van der Waals surface area (Å²) in [6, 6.07) is 22.5. The Labute approximate surface area is 184 Å². The lowest BCUT2D eigenvalue weighted by Gasteiger charge is -2.07. The molecule has 0 aromatic heterocycles. The maximum atomic E-state index is 12.2. The molecule has 154 valence electrons. The van der Waals surface area contributed by atoms with Gasteiger partial charge in [-0.25, -0.2) is 5.43 Å². The fraction of sp³-hybridized carbons (Fsp3) is 0.167. The van der Waals surface area contributed by atoms with E-state index in [0.29, 0.717) is 18.8 Å². The minimum atomic E-state index is -0.282. The van der Waals surface area contributed by atoms with Gasteiger partial charge in [-0.15, -0.1) is 0 Å². The van der Waals surface area contributed by atoms with E-state index in [0.717, 1.165) is 33.5 Å². The van der Waals surface area contributed by atoms with Crippen LogP contribution >= 0.6 is 15.9 Å². The minimum absolute atomic E-state index is 0.282. The highest BCUT2D eigenvalue weighted by Gasteiger charge is 2.04. The molecule has 6 heteroatoms. The van der Waals surface area contributed by atoms with Crippen LogP contribution in [0.2, 0.25) is 0 Å². The van der Waals surface area contributed by atoms with Crippen molar-refractivity contribution < 1.29 is 14.3 Å². The lowest BCUT2D eigenvalue weighted by atomic mass is 10.2. The van der Waals surface area contributed by atoms with Crippen molar-refractivity contribution in [1.29, 1.82) is 0 Å². The Kier molecular flexibility index (Phi) is 8.03. The maximum absolute atomic E-state index is 12.2. The van der Waals surface area contributed by atoms with E-state index in [9.17, 15) is 4.79 Å². The molecule has 0 bridgehead atoms. The lowest BCUT2D eigenvalue weighted by Crippen LogP contribution is -2.17. The molecule has 0 aliphatic rings. The summed E-state index contributed by atoms with van der Waals surface area (Å²) in [5.74, 6) is 1.20. The smallest absolute Gasteiger partial charge is 0.271 e. The van der Waals surface area contributed by atoms with Crippen molar-refractivity contribution in [3.63, 3.8) is 0 Å². The number of carbonyl (C=O) groups is 1. The van der Waals surface area contributed by atoms with E-state index in [1.807, 2.05) is 55.5 Å². The molecule has 30 heavy (non-hydrogen) atoms. The van der Waals surface area contributed by atoms with Crippen molar-refractivity contribution in [3.05, 3.63) is 94.0 Å². The van der Waals surface area contributed by atoms with E-state index in [-0.39, 0.29) is 5.91 Å². The van der Waals surface area contributed by atoms with Crippen LogP contribution in [0.5, 0.6) is 11.5 Å². The van der Waals surface area contributed by atoms with Gasteiger partial charge in [0.1, 0.15) is 18.1 Å². The fourth-order valence-corrected chi connectivity index (χ4v) is 2.85. The highest BCUT2D eigenvalue weighted by atomic mass is 79.9. The van der Waals surface area contributed by atoms with Crippen molar-refractivity contribution in [1.82, 2.24) is 5.43 Å². The number of ether oxygens (including phenoxy) is 2. The molecular formula is C24H23BrN2O3. The van der Waals surface area contributed by atoms with Gasteiger partial charge in [-0.1, -0.05) is 47.1 Å². The van der Waals surface area contributed by atoms with Crippen LogP contribution in [-0.4, -0.2) is 18.7 Å². The third kappa shape index (κ3) is 6.74. The summed E-state index contributed by atoms with van der Waals surface area (Å²) >= 11 is 3.42. The van der Waals surface area contributed by atoms with Crippen molar-refractivity contribution in [3.8, 4) is 11.5 Å². The summed E-state index contributed by atoms with van der Waals surface area (Å²) in [7, 11) is 0. The monoisotopic (exact) mass is 466 g/mol. The van der Waals surface area contributed by atoms with Gasteiger partial charge in [0.15, 0.2) is 0 Å². The molecule has 0 spiro atoms. The Morgan fingerprint density at radius 2 is 1.77 bits per heavy atom. The second kappa shape index (κ2) is 11.2. The minimum Gasteiger partial charge on any atom is -0.494 e. The van der Waals surface area contributed by atoms with Crippen LogP contribution in [0.1, 0.15) is 34.8 Å². The Morgan fingerprint density at radius 3 is 2.50 bits per heavy atom. The molecule has 0 heterocycles. The summed E-state index contributed by atoms with van der Waals surface area (Å²) < 4.78 is 12.4. The maximum Gasteiger partial charge on any atom is 0.271 e.